The Bertz CT molecular complexity index is 1460. The lowest BCUT2D eigenvalue weighted by atomic mass is 10.1. The zero-order chi connectivity index (χ0) is 27.4. The number of thiazole rings is 1. The van der Waals surface area contributed by atoms with Gasteiger partial charge in [-0.1, -0.05) is 0 Å². The molecule has 2 aromatic carbocycles. The summed E-state index contributed by atoms with van der Waals surface area (Å²) in [6, 6.07) is 13.9. The summed E-state index contributed by atoms with van der Waals surface area (Å²) < 4.78 is 23.4. The van der Waals surface area contributed by atoms with E-state index in [4.69, 9.17) is 18.9 Å². The van der Waals surface area contributed by atoms with Gasteiger partial charge in [0, 0.05) is 38.7 Å². The maximum atomic E-state index is 13.5. The standard InChI is InChI=1S/C30H32N2O5S2/c1-19-5-8-28(39-19)22-13-23-17-32(29(33)16-21-14-24(34-3)6-7-25(21)35-4)10-12-37-30(23)26(15-22)36-11-9-27-20(2)31-18-38-27/h5-8,13-15,18H,9-12,16-17H2,1-4H3. The van der Waals surface area contributed by atoms with Gasteiger partial charge in [-0.25, -0.2) is 4.98 Å². The zero-order valence-corrected chi connectivity index (χ0v) is 24.2. The normalized spacial score (nSPS) is 12.9. The molecule has 204 valence electrons. The molecule has 0 saturated carbocycles. The fourth-order valence-corrected chi connectivity index (χ4v) is 6.27. The van der Waals surface area contributed by atoms with Crippen molar-refractivity contribution >= 4 is 28.6 Å². The Morgan fingerprint density at radius 2 is 1.95 bits per heavy atom. The smallest absolute Gasteiger partial charge is 0.227 e. The summed E-state index contributed by atoms with van der Waals surface area (Å²) in [7, 11) is 3.22. The number of nitrogens with zero attached hydrogens (tertiary/aromatic N) is 2. The number of hydrogen-bond acceptors (Lipinski definition) is 8. The van der Waals surface area contributed by atoms with Crippen molar-refractivity contribution in [2.24, 2.45) is 0 Å². The third kappa shape index (κ3) is 6.20. The molecule has 3 heterocycles. The van der Waals surface area contributed by atoms with Crippen LogP contribution in [0.4, 0.5) is 0 Å². The van der Waals surface area contributed by atoms with E-state index in [0.29, 0.717) is 49.3 Å². The number of amides is 1. The number of aromatic nitrogens is 1. The largest absolute Gasteiger partial charge is 0.497 e. The minimum absolute atomic E-state index is 0.00138. The molecule has 7 nitrogen and oxygen atoms in total. The van der Waals surface area contributed by atoms with Crippen LogP contribution in [0.3, 0.4) is 0 Å². The van der Waals surface area contributed by atoms with Gasteiger partial charge in [-0.2, -0.15) is 0 Å². The molecule has 2 aromatic heterocycles. The van der Waals surface area contributed by atoms with Gasteiger partial charge in [0.1, 0.15) is 18.1 Å². The van der Waals surface area contributed by atoms with Crippen LogP contribution in [0, 0.1) is 13.8 Å². The van der Waals surface area contributed by atoms with Crippen molar-refractivity contribution < 1.29 is 23.7 Å². The second-order valence-corrected chi connectivity index (χ2v) is 11.6. The molecule has 5 rings (SSSR count). The molecule has 39 heavy (non-hydrogen) atoms. The number of methoxy groups -OCH3 is 2. The highest BCUT2D eigenvalue weighted by Crippen LogP contribution is 2.40. The van der Waals surface area contributed by atoms with Crippen LogP contribution in [-0.2, 0) is 24.2 Å². The predicted molar refractivity (Wildman–Crippen MR) is 155 cm³/mol. The molecular weight excluding hydrogens is 532 g/mol. The second-order valence-electron chi connectivity index (χ2n) is 9.35. The summed E-state index contributed by atoms with van der Waals surface area (Å²) >= 11 is 3.38. The molecule has 0 N–H and O–H groups in total. The number of aryl methyl sites for hydroxylation is 2. The summed E-state index contributed by atoms with van der Waals surface area (Å²) in [5.74, 6) is 2.77. The number of carbonyl (C=O) groups excluding carboxylic acids is 1. The third-order valence-corrected chi connectivity index (χ3v) is 8.78. The van der Waals surface area contributed by atoms with Crippen molar-refractivity contribution in [3.8, 4) is 33.4 Å². The third-order valence-electron chi connectivity index (χ3n) is 6.74. The number of rotatable bonds is 9. The maximum Gasteiger partial charge on any atom is 0.227 e. The lowest BCUT2D eigenvalue weighted by molar-refractivity contribution is -0.131. The van der Waals surface area contributed by atoms with Crippen molar-refractivity contribution in [2.45, 2.75) is 33.2 Å². The minimum Gasteiger partial charge on any atom is -0.497 e. The molecule has 1 aliphatic rings. The molecule has 0 fully saturated rings. The molecule has 0 atom stereocenters. The SMILES string of the molecule is COc1ccc(OC)c(CC(=O)N2CCOc3c(cc(-c4ccc(C)s4)cc3OCCc3scnc3C)C2)c1. The summed E-state index contributed by atoms with van der Waals surface area (Å²) in [6.45, 7) is 5.94. The first-order valence-electron chi connectivity index (χ1n) is 12.8. The van der Waals surface area contributed by atoms with E-state index >= 15 is 0 Å². The van der Waals surface area contributed by atoms with Crippen molar-refractivity contribution in [1.82, 2.24) is 9.88 Å². The lowest BCUT2D eigenvalue weighted by Crippen LogP contribution is -2.33. The number of thiophene rings is 1. The van der Waals surface area contributed by atoms with Crippen LogP contribution in [-0.4, -0.2) is 49.8 Å². The predicted octanol–water partition coefficient (Wildman–Crippen LogP) is 6.09. The van der Waals surface area contributed by atoms with E-state index in [1.54, 1.807) is 36.9 Å². The Morgan fingerprint density at radius 1 is 1.08 bits per heavy atom. The zero-order valence-electron chi connectivity index (χ0n) is 22.6. The van der Waals surface area contributed by atoms with E-state index in [9.17, 15) is 4.79 Å². The molecule has 0 bridgehead atoms. The molecule has 0 saturated heterocycles. The number of benzene rings is 2. The van der Waals surface area contributed by atoms with Crippen LogP contribution in [0.25, 0.3) is 10.4 Å². The van der Waals surface area contributed by atoms with Crippen molar-refractivity contribution in [3.63, 3.8) is 0 Å². The Kier molecular flexibility index (Phi) is 8.38. The molecule has 0 spiro atoms. The number of ether oxygens (including phenoxy) is 4. The van der Waals surface area contributed by atoms with Crippen molar-refractivity contribution in [2.75, 3.05) is 34.0 Å². The average molecular weight is 565 g/mol. The van der Waals surface area contributed by atoms with E-state index in [1.807, 2.05) is 35.5 Å². The average Bonchev–Trinajstić information content (AvgIpc) is 3.49. The molecule has 1 amide bonds. The maximum absolute atomic E-state index is 13.5. The first-order valence-corrected chi connectivity index (χ1v) is 14.5. The number of hydrogen-bond donors (Lipinski definition) is 0. The monoisotopic (exact) mass is 564 g/mol. The van der Waals surface area contributed by atoms with Gasteiger partial charge >= 0.3 is 0 Å². The molecular formula is C30H32N2O5S2. The van der Waals surface area contributed by atoms with Crippen LogP contribution >= 0.6 is 22.7 Å². The van der Waals surface area contributed by atoms with E-state index in [-0.39, 0.29) is 12.3 Å². The first-order chi connectivity index (χ1) is 18.9. The van der Waals surface area contributed by atoms with Crippen LogP contribution in [0.2, 0.25) is 0 Å². The molecule has 4 aromatic rings. The molecule has 9 heteroatoms. The Hall–Kier alpha value is -3.56. The fourth-order valence-electron chi connectivity index (χ4n) is 4.65. The second kappa shape index (κ2) is 12.1. The van der Waals surface area contributed by atoms with Gasteiger partial charge in [0.05, 0.1) is 45.0 Å². The molecule has 1 aliphatic heterocycles. The number of carbonyl (C=O) groups is 1. The van der Waals surface area contributed by atoms with Crippen LogP contribution in [0.1, 0.15) is 26.6 Å². The molecule has 0 radical (unpaired) electrons. The summed E-state index contributed by atoms with van der Waals surface area (Å²) in [4.78, 5) is 23.3. The van der Waals surface area contributed by atoms with Crippen LogP contribution in [0.15, 0.2) is 48.0 Å². The van der Waals surface area contributed by atoms with Crippen LogP contribution in [0.5, 0.6) is 23.0 Å². The van der Waals surface area contributed by atoms with Gasteiger partial charge in [-0.3, -0.25) is 4.79 Å². The lowest BCUT2D eigenvalue weighted by Gasteiger charge is -2.21. The molecule has 0 unspecified atom stereocenters. The van der Waals surface area contributed by atoms with Gasteiger partial charge in [-0.15, -0.1) is 22.7 Å². The summed E-state index contributed by atoms with van der Waals surface area (Å²) in [5.41, 5.74) is 5.70. The van der Waals surface area contributed by atoms with Gasteiger partial charge in [0.2, 0.25) is 5.91 Å². The summed E-state index contributed by atoms with van der Waals surface area (Å²) in [5, 5.41) is 0. The summed E-state index contributed by atoms with van der Waals surface area (Å²) in [6.07, 6.45) is 0.984. The Morgan fingerprint density at radius 3 is 2.67 bits per heavy atom. The number of fused-ring (bicyclic) bond motifs is 1. The molecule has 0 aliphatic carbocycles. The topological polar surface area (TPSA) is 70.1 Å². The fraction of sp³-hybridized carbons (Fsp3) is 0.333. The Balaban J connectivity index is 1.41. The van der Waals surface area contributed by atoms with Crippen molar-refractivity contribution in [3.05, 3.63) is 74.6 Å². The highest BCUT2D eigenvalue weighted by atomic mass is 32.1. The van der Waals surface area contributed by atoms with Gasteiger partial charge < -0.3 is 23.8 Å². The first kappa shape index (κ1) is 27.0. The van der Waals surface area contributed by atoms with Crippen molar-refractivity contribution in [1.29, 1.82) is 0 Å². The van der Waals surface area contributed by atoms with Gasteiger partial charge in [0.15, 0.2) is 11.5 Å². The van der Waals surface area contributed by atoms with E-state index < -0.39 is 0 Å². The van der Waals surface area contributed by atoms with Gasteiger partial charge in [0.25, 0.3) is 0 Å². The highest BCUT2D eigenvalue weighted by molar-refractivity contribution is 7.15. The highest BCUT2D eigenvalue weighted by Gasteiger charge is 2.25. The van der Waals surface area contributed by atoms with Gasteiger partial charge in [-0.05, 0) is 61.9 Å². The van der Waals surface area contributed by atoms with E-state index in [1.165, 1.54) is 9.75 Å². The quantitative estimate of drug-likeness (QED) is 0.245. The minimum atomic E-state index is -0.00138. The van der Waals surface area contributed by atoms with Crippen LogP contribution < -0.4 is 18.9 Å². The van der Waals surface area contributed by atoms with E-state index in [0.717, 1.165) is 33.7 Å². The van der Waals surface area contributed by atoms with E-state index in [2.05, 4.69) is 36.2 Å². The Labute approximate surface area is 236 Å².